The fraction of sp³-hybridized carbons (Fsp3) is 0.333. The van der Waals surface area contributed by atoms with Gasteiger partial charge in [0.2, 0.25) is 5.91 Å². The summed E-state index contributed by atoms with van der Waals surface area (Å²) in [6.07, 6.45) is 0.167. The van der Waals surface area contributed by atoms with Crippen LogP contribution < -0.4 is 5.32 Å². The van der Waals surface area contributed by atoms with Gasteiger partial charge >= 0.3 is 0 Å². The van der Waals surface area contributed by atoms with Gasteiger partial charge < -0.3 is 15.3 Å². The molecule has 2 amide bonds. The van der Waals surface area contributed by atoms with Crippen LogP contribution in [0.2, 0.25) is 0 Å². The highest BCUT2D eigenvalue weighted by molar-refractivity contribution is 5.96. The molecule has 0 unspecified atom stereocenters. The first-order valence-corrected chi connectivity index (χ1v) is 5.40. The molecule has 6 heteroatoms. The Morgan fingerprint density at radius 3 is 2.67 bits per heavy atom. The third-order valence-electron chi connectivity index (χ3n) is 2.49. The van der Waals surface area contributed by atoms with Crippen molar-refractivity contribution < 1.29 is 19.1 Å². The SMILES string of the molecule is CNC(=O)CCN(C)C(=O)c1ccc(F)cc1O. The van der Waals surface area contributed by atoms with Crippen LogP contribution in [0.25, 0.3) is 0 Å². The number of carbonyl (C=O) groups is 2. The zero-order chi connectivity index (χ0) is 13.7. The molecule has 1 aromatic rings. The number of nitrogens with one attached hydrogen (secondary N) is 1. The van der Waals surface area contributed by atoms with Gasteiger partial charge in [-0.1, -0.05) is 0 Å². The average molecular weight is 254 g/mol. The number of phenolic OH excluding ortho intramolecular Hbond substituents is 1. The summed E-state index contributed by atoms with van der Waals surface area (Å²) >= 11 is 0. The van der Waals surface area contributed by atoms with Crippen molar-refractivity contribution in [1.82, 2.24) is 10.2 Å². The summed E-state index contributed by atoms with van der Waals surface area (Å²) < 4.78 is 12.8. The molecule has 98 valence electrons. The second-order valence-corrected chi connectivity index (χ2v) is 3.81. The number of carbonyl (C=O) groups excluding carboxylic acids is 2. The molecule has 0 heterocycles. The van der Waals surface area contributed by atoms with E-state index in [1.54, 1.807) is 0 Å². The first kappa shape index (κ1) is 14.0. The van der Waals surface area contributed by atoms with E-state index < -0.39 is 17.5 Å². The quantitative estimate of drug-likeness (QED) is 0.832. The van der Waals surface area contributed by atoms with Crippen molar-refractivity contribution in [2.45, 2.75) is 6.42 Å². The van der Waals surface area contributed by atoms with Crippen LogP contribution in [-0.4, -0.2) is 42.5 Å². The summed E-state index contributed by atoms with van der Waals surface area (Å²) in [5, 5.41) is 11.9. The molecule has 0 radical (unpaired) electrons. The van der Waals surface area contributed by atoms with Gasteiger partial charge in [0, 0.05) is 33.1 Å². The largest absolute Gasteiger partial charge is 0.507 e. The molecule has 0 aromatic heterocycles. The van der Waals surface area contributed by atoms with Crippen molar-refractivity contribution in [1.29, 1.82) is 0 Å². The molecule has 1 aromatic carbocycles. The van der Waals surface area contributed by atoms with Crippen LogP contribution in [0.1, 0.15) is 16.8 Å². The molecule has 0 atom stereocenters. The number of nitrogens with zero attached hydrogens (tertiary/aromatic N) is 1. The minimum atomic E-state index is -0.614. The van der Waals surface area contributed by atoms with Gasteiger partial charge in [-0.05, 0) is 12.1 Å². The van der Waals surface area contributed by atoms with Crippen molar-refractivity contribution in [3.63, 3.8) is 0 Å². The summed E-state index contributed by atoms with van der Waals surface area (Å²) in [5.41, 5.74) is 0.0100. The number of amides is 2. The van der Waals surface area contributed by atoms with E-state index in [0.717, 1.165) is 12.1 Å². The Morgan fingerprint density at radius 1 is 1.44 bits per heavy atom. The van der Waals surface area contributed by atoms with E-state index in [1.165, 1.54) is 25.1 Å². The molecule has 0 aliphatic rings. The number of benzene rings is 1. The van der Waals surface area contributed by atoms with Crippen molar-refractivity contribution in [2.75, 3.05) is 20.6 Å². The number of halogens is 1. The van der Waals surface area contributed by atoms with Gasteiger partial charge in [-0.15, -0.1) is 0 Å². The topological polar surface area (TPSA) is 69.6 Å². The van der Waals surface area contributed by atoms with Gasteiger partial charge in [0.1, 0.15) is 11.6 Å². The van der Waals surface area contributed by atoms with Crippen molar-refractivity contribution >= 4 is 11.8 Å². The molecule has 2 N–H and O–H groups in total. The standard InChI is InChI=1S/C12H15FN2O3/c1-14-11(17)5-6-15(2)12(18)9-4-3-8(13)7-10(9)16/h3-4,7,16H,5-6H2,1-2H3,(H,14,17). The lowest BCUT2D eigenvalue weighted by molar-refractivity contribution is -0.120. The van der Waals surface area contributed by atoms with E-state index in [1.807, 2.05) is 0 Å². The molecule has 1 rings (SSSR count). The predicted octanol–water partition coefficient (Wildman–Crippen LogP) is 0.739. The van der Waals surface area contributed by atoms with Crippen molar-refractivity contribution in [3.05, 3.63) is 29.6 Å². The highest BCUT2D eigenvalue weighted by Crippen LogP contribution is 2.19. The van der Waals surface area contributed by atoms with Crippen LogP contribution in [-0.2, 0) is 4.79 Å². The summed E-state index contributed by atoms with van der Waals surface area (Å²) in [7, 11) is 3.02. The van der Waals surface area contributed by atoms with E-state index in [0.29, 0.717) is 0 Å². The predicted molar refractivity (Wildman–Crippen MR) is 63.7 cm³/mol. The number of aromatic hydroxyl groups is 1. The molecule has 0 bridgehead atoms. The maximum atomic E-state index is 12.8. The normalized spacial score (nSPS) is 9.94. The Balaban J connectivity index is 2.71. The second-order valence-electron chi connectivity index (χ2n) is 3.81. The Labute approximate surface area is 104 Å². The Bertz CT molecular complexity index is 463. The lowest BCUT2D eigenvalue weighted by Gasteiger charge is -2.17. The van der Waals surface area contributed by atoms with Crippen molar-refractivity contribution in [2.24, 2.45) is 0 Å². The van der Waals surface area contributed by atoms with Crippen LogP contribution in [0.3, 0.4) is 0 Å². The van der Waals surface area contributed by atoms with E-state index in [-0.39, 0.29) is 24.4 Å². The van der Waals surface area contributed by atoms with Gasteiger partial charge in [0.05, 0.1) is 5.56 Å². The molecule has 0 aliphatic carbocycles. The van der Waals surface area contributed by atoms with E-state index >= 15 is 0 Å². The molecule has 0 aliphatic heterocycles. The number of rotatable bonds is 4. The highest BCUT2D eigenvalue weighted by Gasteiger charge is 2.16. The molecule has 5 nitrogen and oxygen atoms in total. The Hall–Kier alpha value is -2.11. The Morgan fingerprint density at radius 2 is 2.11 bits per heavy atom. The summed E-state index contributed by atoms with van der Waals surface area (Å²) in [4.78, 5) is 24.2. The monoisotopic (exact) mass is 254 g/mol. The highest BCUT2D eigenvalue weighted by atomic mass is 19.1. The fourth-order valence-electron chi connectivity index (χ4n) is 1.39. The van der Waals surface area contributed by atoms with Gasteiger partial charge in [-0.25, -0.2) is 4.39 Å². The average Bonchev–Trinajstić information content (AvgIpc) is 2.34. The third-order valence-corrected chi connectivity index (χ3v) is 2.49. The third kappa shape index (κ3) is 3.44. The minimum Gasteiger partial charge on any atom is -0.507 e. The number of hydrogen-bond donors (Lipinski definition) is 2. The van der Waals surface area contributed by atoms with Crippen LogP contribution in [0.15, 0.2) is 18.2 Å². The molecular formula is C12H15FN2O3. The van der Waals surface area contributed by atoms with E-state index in [9.17, 15) is 19.1 Å². The lowest BCUT2D eigenvalue weighted by atomic mass is 10.1. The van der Waals surface area contributed by atoms with Crippen LogP contribution in [0.4, 0.5) is 4.39 Å². The number of phenols is 1. The molecule has 0 saturated heterocycles. The lowest BCUT2D eigenvalue weighted by Crippen LogP contribution is -2.31. The zero-order valence-electron chi connectivity index (χ0n) is 10.2. The van der Waals surface area contributed by atoms with Crippen LogP contribution in [0, 0.1) is 5.82 Å². The first-order valence-electron chi connectivity index (χ1n) is 5.40. The fourth-order valence-corrected chi connectivity index (χ4v) is 1.39. The zero-order valence-corrected chi connectivity index (χ0v) is 10.2. The van der Waals surface area contributed by atoms with Crippen molar-refractivity contribution in [3.8, 4) is 5.75 Å². The van der Waals surface area contributed by atoms with Gasteiger partial charge in [0.25, 0.3) is 5.91 Å². The summed E-state index contributed by atoms with van der Waals surface area (Å²) in [5.74, 6) is -1.67. The van der Waals surface area contributed by atoms with Gasteiger partial charge in [-0.3, -0.25) is 9.59 Å². The first-order chi connectivity index (χ1) is 8.45. The second kappa shape index (κ2) is 6.00. The van der Waals surface area contributed by atoms with E-state index in [4.69, 9.17) is 0 Å². The summed E-state index contributed by atoms with van der Waals surface area (Å²) in [6, 6.07) is 3.18. The maximum absolute atomic E-state index is 12.8. The number of hydrogen-bond acceptors (Lipinski definition) is 3. The van der Waals surface area contributed by atoms with Crippen LogP contribution >= 0.6 is 0 Å². The molecule has 0 fully saturated rings. The smallest absolute Gasteiger partial charge is 0.257 e. The molecule has 0 saturated carbocycles. The maximum Gasteiger partial charge on any atom is 0.257 e. The molecule has 18 heavy (non-hydrogen) atoms. The molecular weight excluding hydrogens is 239 g/mol. The Kier molecular flexibility index (Phi) is 4.65. The van der Waals surface area contributed by atoms with Crippen LogP contribution in [0.5, 0.6) is 5.75 Å². The summed E-state index contributed by atoms with van der Waals surface area (Å²) in [6.45, 7) is 0.218. The molecule has 0 spiro atoms. The van der Waals surface area contributed by atoms with Gasteiger partial charge in [0.15, 0.2) is 0 Å². The van der Waals surface area contributed by atoms with E-state index in [2.05, 4.69) is 5.32 Å². The minimum absolute atomic E-state index is 0.0100. The van der Waals surface area contributed by atoms with Gasteiger partial charge in [-0.2, -0.15) is 0 Å².